The molecule has 34 heavy (non-hydrogen) atoms. The standard InChI is InChI=1S/C23H18Cl2F2N6O/c1-32-8-7-12-9-14(6-5-13(12)11-32)29-23-28-10-15-18(30-23)19(21(26)27)31-33(22(15)34)20-16(24)3-2-4-17(20)25/h2-6,9-10,21H,7-8,11H2,1H3,(H,28,29,30). The molecule has 0 atom stereocenters. The van der Waals surface area contributed by atoms with Crippen molar-refractivity contribution in [2.45, 2.75) is 19.4 Å². The van der Waals surface area contributed by atoms with E-state index in [1.165, 1.54) is 29.5 Å². The number of para-hydroxylation sites is 1. The lowest BCUT2D eigenvalue weighted by molar-refractivity contribution is 0.145. The zero-order valence-electron chi connectivity index (χ0n) is 17.9. The third-order valence-electron chi connectivity index (χ3n) is 5.68. The SMILES string of the molecule is CN1CCc2cc(Nc3ncc4c(=O)n(-c5c(Cl)cccc5Cl)nc(C(F)F)c4n3)ccc2C1. The number of likely N-dealkylation sites (N-methyl/N-ethyl adjacent to an activating group) is 1. The van der Waals surface area contributed by atoms with Gasteiger partial charge in [0.1, 0.15) is 11.2 Å². The minimum Gasteiger partial charge on any atom is -0.324 e. The average molecular weight is 503 g/mol. The smallest absolute Gasteiger partial charge is 0.284 e. The summed E-state index contributed by atoms with van der Waals surface area (Å²) in [5, 5.41) is 6.98. The van der Waals surface area contributed by atoms with Crippen molar-refractivity contribution in [3.63, 3.8) is 0 Å². The molecule has 174 valence electrons. The second-order valence-electron chi connectivity index (χ2n) is 8.03. The number of hydrogen-bond acceptors (Lipinski definition) is 6. The van der Waals surface area contributed by atoms with Gasteiger partial charge in [0.25, 0.3) is 12.0 Å². The zero-order valence-corrected chi connectivity index (χ0v) is 19.4. The first-order chi connectivity index (χ1) is 16.3. The van der Waals surface area contributed by atoms with Crippen molar-refractivity contribution in [2.75, 3.05) is 18.9 Å². The molecule has 3 heterocycles. The quantitative estimate of drug-likeness (QED) is 0.415. The summed E-state index contributed by atoms with van der Waals surface area (Å²) in [6.07, 6.45) is -0.891. The number of fused-ring (bicyclic) bond motifs is 2. The maximum absolute atomic E-state index is 14.0. The summed E-state index contributed by atoms with van der Waals surface area (Å²) in [7, 11) is 2.07. The molecule has 0 radical (unpaired) electrons. The molecule has 5 rings (SSSR count). The molecule has 0 amide bonds. The van der Waals surface area contributed by atoms with Gasteiger partial charge in [0.2, 0.25) is 5.95 Å². The highest BCUT2D eigenvalue weighted by molar-refractivity contribution is 6.37. The number of nitrogens with one attached hydrogen (secondary N) is 1. The number of nitrogens with zero attached hydrogens (tertiary/aromatic N) is 5. The molecule has 7 nitrogen and oxygen atoms in total. The van der Waals surface area contributed by atoms with Crippen LogP contribution in [-0.2, 0) is 13.0 Å². The molecule has 4 aromatic rings. The van der Waals surface area contributed by atoms with Gasteiger partial charge in [0.05, 0.1) is 15.4 Å². The van der Waals surface area contributed by atoms with Crippen LogP contribution in [0.5, 0.6) is 0 Å². The average Bonchev–Trinajstić information content (AvgIpc) is 2.80. The fourth-order valence-electron chi connectivity index (χ4n) is 4.00. The Morgan fingerprint density at radius 3 is 2.62 bits per heavy atom. The monoisotopic (exact) mass is 502 g/mol. The Balaban J connectivity index is 1.59. The van der Waals surface area contributed by atoms with Crippen LogP contribution in [-0.4, -0.2) is 38.2 Å². The van der Waals surface area contributed by atoms with E-state index in [1.807, 2.05) is 18.2 Å². The highest BCUT2D eigenvalue weighted by atomic mass is 35.5. The zero-order chi connectivity index (χ0) is 24.0. The van der Waals surface area contributed by atoms with Gasteiger partial charge in [-0.3, -0.25) is 4.79 Å². The molecule has 11 heteroatoms. The van der Waals surface area contributed by atoms with Crippen LogP contribution >= 0.6 is 23.2 Å². The van der Waals surface area contributed by atoms with Crippen molar-refractivity contribution in [1.29, 1.82) is 0 Å². The number of alkyl halides is 2. The normalized spacial score (nSPS) is 13.9. The van der Waals surface area contributed by atoms with Crippen molar-refractivity contribution in [3.05, 3.63) is 79.8 Å². The van der Waals surface area contributed by atoms with Gasteiger partial charge in [-0.15, -0.1) is 0 Å². The number of aromatic nitrogens is 4. The van der Waals surface area contributed by atoms with E-state index in [9.17, 15) is 13.6 Å². The Hall–Kier alpha value is -3.14. The van der Waals surface area contributed by atoms with E-state index < -0.39 is 17.7 Å². The summed E-state index contributed by atoms with van der Waals surface area (Å²) in [4.78, 5) is 23.7. The van der Waals surface area contributed by atoms with Gasteiger partial charge in [-0.05, 0) is 48.9 Å². The second-order valence-corrected chi connectivity index (χ2v) is 8.84. The lowest BCUT2D eigenvalue weighted by Gasteiger charge is -2.25. The molecule has 2 aromatic carbocycles. The Morgan fingerprint density at radius 1 is 1.12 bits per heavy atom. The summed E-state index contributed by atoms with van der Waals surface area (Å²) >= 11 is 12.4. The van der Waals surface area contributed by atoms with Crippen LogP contribution in [0.15, 0.2) is 47.4 Å². The molecule has 0 bridgehead atoms. The highest BCUT2D eigenvalue weighted by Gasteiger charge is 2.23. The lowest BCUT2D eigenvalue weighted by atomic mass is 9.99. The molecule has 1 N–H and O–H groups in total. The molecule has 0 unspecified atom stereocenters. The van der Waals surface area contributed by atoms with E-state index >= 15 is 0 Å². The highest BCUT2D eigenvalue weighted by Crippen LogP contribution is 2.30. The summed E-state index contributed by atoms with van der Waals surface area (Å²) in [6.45, 7) is 1.82. The molecule has 0 aliphatic carbocycles. The maximum Gasteiger partial charge on any atom is 0.284 e. The van der Waals surface area contributed by atoms with Gasteiger partial charge in [0.15, 0.2) is 5.69 Å². The van der Waals surface area contributed by atoms with Crippen molar-refractivity contribution in [3.8, 4) is 5.69 Å². The van der Waals surface area contributed by atoms with Crippen molar-refractivity contribution in [2.24, 2.45) is 0 Å². The Kier molecular flexibility index (Phi) is 5.93. The second kappa shape index (κ2) is 8.90. The summed E-state index contributed by atoms with van der Waals surface area (Å²) in [5.41, 5.74) is 1.56. The third kappa shape index (κ3) is 4.11. The number of hydrogen-bond donors (Lipinski definition) is 1. The predicted octanol–water partition coefficient (Wildman–Crippen LogP) is 5.15. The van der Waals surface area contributed by atoms with Crippen LogP contribution in [0.3, 0.4) is 0 Å². The minimum absolute atomic E-state index is 0.0153. The van der Waals surface area contributed by atoms with E-state index in [1.54, 1.807) is 6.07 Å². The first kappa shape index (κ1) is 22.6. The fraction of sp³-hybridized carbons (Fsp3) is 0.217. The summed E-state index contributed by atoms with van der Waals surface area (Å²) in [5.74, 6) is 0.0806. The van der Waals surface area contributed by atoms with Gasteiger partial charge in [-0.2, -0.15) is 9.78 Å². The molecule has 0 fully saturated rings. The Bertz CT molecular complexity index is 1460. The molecule has 0 saturated heterocycles. The number of anilines is 2. The van der Waals surface area contributed by atoms with Gasteiger partial charge in [-0.1, -0.05) is 35.3 Å². The Labute approximate surface area is 203 Å². The van der Waals surface area contributed by atoms with E-state index in [4.69, 9.17) is 23.2 Å². The van der Waals surface area contributed by atoms with Crippen LogP contribution in [0, 0.1) is 0 Å². The molecular weight excluding hydrogens is 485 g/mol. The van der Waals surface area contributed by atoms with Crippen LogP contribution in [0.4, 0.5) is 20.4 Å². The number of rotatable bonds is 4. The lowest BCUT2D eigenvalue weighted by Crippen LogP contribution is -2.26. The van der Waals surface area contributed by atoms with Crippen LogP contribution in [0.25, 0.3) is 16.6 Å². The van der Waals surface area contributed by atoms with Crippen molar-refractivity contribution < 1.29 is 8.78 Å². The van der Waals surface area contributed by atoms with Gasteiger partial charge in [-0.25, -0.2) is 18.7 Å². The Morgan fingerprint density at radius 2 is 1.88 bits per heavy atom. The van der Waals surface area contributed by atoms with E-state index in [0.29, 0.717) is 0 Å². The number of halogens is 4. The first-order valence-electron chi connectivity index (χ1n) is 10.4. The van der Waals surface area contributed by atoms with Crippen LogP contribution in [0.1, 0.15) is 23.2 Å². The minimum atomic E-state index is -3.00. The number of benzene rings is 2. The third-order valence-corrected chi connectivity index (χ3v) is 6.29. The predicted molar refractivity (Wildman–Crippen MR) is 128 cm³/mol. The molecule has 1 aliphatic heterocycles. The molecular formula is C23H18Cl2F2N6O. The molecule has 1 aliphatic rings. The topological polar surface area (TPSA) is 75.9 Å². The summed E-state index contributed by atoms with van der Waals surface area (Å²) < 4.78 is 28.7. The van der Waals surface area contributed by atoms with E-state index in [-0.39, 0.29) is 32.6 Å². The maximum atomic E-state index is 14.0. The fourth-order valence-corrected chi connectivity index (χ4v) is 4.56. The summed E-state index contributed by atoms with van der Waals surface area (Å²) in [6, 6.07) is 10.5. The van der Waals surface area contributed by atoms with Gasteiger partial charge in [0, 0.05) is 25.0 Å². The first-order valence-corrected chi connectivity index (χ1v) is 11.2. The van der Waals surface area contributed by atoms with E-state index in [0.717, 1.165) is 29.9 Å². The van der Waals surface area contributed by atoms with Crippen molar-refractivity contribution in [1.82, 2.24) is 24.6 Å². The molecule has 0 spiro atoms. The van der Waals surface area contributed by atoms with Gasteiger partial charge >= 0.3 is 0 Å². The van der Waals surface area contributed by atoms with Crippen LogP contribution in [0.2, 0.25) is 10.0 Å². The van der Waals surface area contributed by atoms with Crippen molar-refractivity contribution >= 4 is 45.7 Å². The van der Waals surface area contributed by atoms with Gasteiger partial charge < -0.3 is 10.2 Å². The molecule has 0 saturated carbocycles. The largest absolute Gasteiger partial charge is 0.324 e. The van der Waals surface area contributed by atoms with E-state index in [2.05, 4.69) is 32.3 Å². The molecule has 2 aromatic heterocycles. The van der Waals surface area contributed by atoms with Crippen LogP contribution < -0.4 is 10.9 Å².